The molecule has 0 saturated carbocycles. The quantitative estimate of drug-likeness (QED) is 0.686. The van der Waals surface area contributed by atoms with Crippen LogP contribution in [0, 0.1) is 0 Å². The standard InChI is InChI=1S/C21H23ClN2O2S/c1-2-3-12-23-20(26)16-6-8-17(9-7-16)21-24(19(25)14-27-21)13-15-4-10-18(22)11-5-15/h4-11,21H,2-3,12-14H2,1H3,(H,23,26)/t21-/m0/s1. The molecule has 142 valence electrons. The lowest BCUT2D eigenvalue weighted by Gasteiger charge is -2.24. The molecule has 6 heteroatoms. The molecular formula is C21H23ClN2O2S. The van der Waals surface area contributed by atoms with Crippen LogP contribution in [0.2, 0.25) is 5.02 Å². The number of rotatable bonds is 7. The molecule has 2 aromatic carbocycles. The van der Waals surface area contributed by atoms with Crippen LogP contribution in [0.1, 0.15) is 46.6 Å². The van der Waals surface area contributed by atoms with Gasteiger partial charge in [0.25, 0.3) is 5.91 Å². The van der Waals surface area contributed by atoms with Crippen molar-refractivity contribution in [1.29, 1.82) is 0 Å². The van der Waals surface area contributed by atoms with E-state index in [0.29, 0.717) is 29.4 Å². The van der Waals surface area contributed by atoms with Gasteiger partial charge in [-0.2, -0.15) is 0 Å². The molecule has 4 nitrogen and oxygen atoms in total. The molecule has 27 heavy (non-hydrogen) atoms. The van der Waals surface area contributed by atoms with E-state index in [4.69, 9.17) is 11.6 Å². The summed E-state index contributed by atoms with van der Waals surface area (Å²) in [5, 5.41) is 3.57. The number of carbonyl (C=O) groups excluding carboxylic acids is 2. The van der Waals surface area contributed by atoms with Gasteiger partial charge in [0.1, 0.15) is 5.37 Å². The van der Waals surface area contributed by atoms with Crippen molar-refractivity contribution in [2.24, 2.45) is 0 Å². The lowest BCUT2D eigenvalue weighted by Crippen LogP contribution is -2.28. The Bertz CT molecular complexity index is 793. The van der Waals surface area contributed by atoms with Gasteiger partial charge in [0.05, 0.1) is 5.75 Å². The summed E-state index contributed by atoms with van der Waals surface area (Å²) >= 11 is 7.56. The molecular weight excluding hydrogens is 380 g/mol. The zero-order valence-corrected chi connectivity index (χ0v) is 16.9. The summed E-state index contributed by atoms with van der Waals surface area (Å²) in [4.78, 5) is 26.4. The van der Waals surface area contributed by atoms with Gasteiger partial charge in [0, 0.05) is 23.7 Å². The van der Waals surface area contributed by atoms with Gasteiger partial charge in [0.15, 0.2) is 0 Å². The molecule has 1 aliphatic rings. The fourth-order valence-corrected chi connectivity index (χ4v) is 4.28. The Kier molecular flexibility index (Phi) is 6.80. The van der Waals surface area contributed by atoms with Crippen molar-refractivity contribution in [2.75, 3.05) is 12.3 Å². The summed E-state index contributed by atoms with van der Waals surface area (Å²) in [7, 11) is 0. The third kappa shape index (κ3) is 5.05. The third-order valence-corrected chi connectivity index (χ3v) is 6.02. The normalized spacial score (nSPS) is 16.6. The van der Waals surface area contributed by atoms with E-state index >= 15 is 0 Å². The summed E-state index contributed by atoms with van der Waals surface area (Å²) in [6.07, 6.45) is 2.03. The molecule has 1 aliphatic heterocycles. The minimum Gasteiger partial charge on any atom is -0.352 e. The van der Waals surface area contributed by atoms with Crippen LogP contribution < -0.4 is 5.32 Å². The van der Waals surface area contributed by atoms with Crippen molar-refractivity contribution in [2.45, 2.75) is 31.7 Å². The average molecular weight is 403 g/mol. The summed E-state index contributed by atoms with van der Waals surface area (Å²) < 4.78 is 0. The first-order chi connectivity index (χ1) is 13.1. The zero-order chi connectivity index (χ0) is 19.2. The number of unbranched alkanes of at least 4 members (excludes halogenated alkanes) is 1. The molecule has 1 heterocycles. The van der Waals surface area contributed by atoms with Gasteiger partial charge in [-0.15, -0.1) is 11.8 Å². The van der Waals surface area contributed by atoms with Crippen molar-refractivity contribution >= 4 is 35.2 Å². The van der Waals surface area contributed by atoms with Gasteiger partial charge in [-0.3, -0.25) is 9.59 Å². The molecule has 1 atom stereocenters. The van der Waals surface area contributed by atoms with Crippen molar-refractivity contribution < 1.29 is 9.59 Å². The third-order valence-electron chi connectivity index (χ3n) is 4.51. The van der Waals surface area contributed by atoms with Crippen molar-refractivity contribution in [3.8, 4) is 0 Å². The number of benzene rings is 2. The predicted octanol–water partition coefficient (Wildman–Crippen LogP) is 4.64. The fourth-order valence-electron chi connectivity index (χ4n) is 2.97. The minimum atomic E-state index is -0.0526. The second-order valence-corrected chi connectivity index (χ2v) is 8.05. The number of nitrogens with zero attached hydrogens (tertiary/aromatic N) is 1. The van der Waals surface area contributed by atoms with Crippen LogP contribution in [-0.4, -0.2) is 29.0 Å². The Hall–Kier alpha value is -1.98. The van der Waals surface area contributed by atoms with Gasteiger partial charge < -0.3 is 10.2 Å². The number of hydrogen-bond donors (Lipinski definition) is 1. The van der Waals surface area contributed by atoms with Gasteiger partial charge in [-0.1, -0.05) is 49.2 Å². The summed E-state index contributed by atoms with van der Waals surface area (Å²) in [6, 6.07) is 15.1. The monoisotopic (exact) mass is 402 g/mol. The molecule has 0 radical (unpaired) electrons. The van der Waals surface area contributed by atoms with E-state index in [9.17, 15) is 9.59 Å². The first-order valence-electron chi connectivity index (χ1n) is 9.12. The Morgan fingerprint density at radius 3 is 2.56 bits per heavy atom. The van der Waals surface area contributed by atoms with Crippen LogP contribution in [0.4, 0.5) is 0 Å². The van der Waals surface area contributed by atoms with Gasteiger partial charge in [-0.05, 0) is 41.8 Å². The van der Waals surface area contributed by atoms with Crippen LogP contribution in [0.25, 0.3) is 0 Å². The summed E-state index contributed by atoms with van der Waals surface area (Å²) in [5.41, 5.74) is 2.73. The van der Waals surface area contributed by atoms with Crippen molar-refractivity contribution in [1.82, 2.24) is 10.2 Å². The van der Waals surface area contributed by atoms with E-state index in [0.717, 1.165) is 24.0 Å². The molecule has 1 saturated heterocycles. The first kappa shape index (κ1) is 19.8. The van der Waals surface area contributed by atoms with E-state index in [2.05, 4.69) is 12.2 Å². The second-order valence-electron chi connectivity index (χ2n) is 6.54. The van der Waals surface area contributed by atoms with E-state index in [1.807, 2.05) is 53.4 Å². The van der Waals surface area contributed by atoms with Gasteiger partial charge >= 0.3 is 0 Å². The van der Waals surface area contributed by atoms with Crippen LogP contribution in [-0.2, 0) is 11.3 Å². The largest absolute Gasteiger partial charge is 0.352 e. The molecule has 0 aliphatic carbocycles. The lowest BCUT2D eigenvalue weighted by atomic mass is 10.1. The molecule has 3 rings (SSSR count). The maximum atomic E-state index is 12.4. The number of thioether (sulfide) groups is 1. The SMILES string of the molecule is CCCCNC(=O)c1ccc([C@@H]2SCC(=O)N2Cc2ccc(Cl)cc2)cc1. The molecule has 2 amide bonds. The highest BCUT2D eigenvalue weighted by atomic mass is 35.5. The Morgan fingerprint density at radius 2 is 1.89 bits per heavy atom. The van der Waals surface area contributed by atoms with Crippen LogP contribution in [0.3, 0.4) is 0 Å². The van der Waals surface area contributed by atoms with E-state index in [1.165, 1.54) is 0 Å². The van der Waals surface area contributed by atoms with Gasteiger partial charge in [0.2, 0.25) is 5.91 Å². The number of nitrogens with one attached hydrogen (secondary N) is 1. The molecule has 2 aromatic rings. The Morgan fingerprint density at radius 1 is 1.19 bits per heavy atom. The van der Waals surface area contributed by atoms with Gasteiger partial charge in [-0.25, -0.2) is 0 Å². The number of hydrogen-bond acceptors (Lipinski definition) is 3. The highest BCUT2D eigenvalue weighted by Crippen LogP contribution is 2.39. The lowest BCUT2D eigenvalue weighted by molar-refractivity contribution is -0.128. The summed E-state index contributed by atoms with van der Waals surface area (Å²) in [5.74, 6) is 0.543. The molecule has 0 spiro atoms. The Labute approximate surface area is 169 Å². The average Bonchev–Trinajstić information content (AvgIpc) is 3.04. The molecule has 0 unspecified atom stereocenters. The molecule has 1 N–H and O–H groups in total. The van der Waals surface area contributed by atoms with E-state index in [1.54, 1.807) is 11.8 Å². The number of amides is 2. The second kappa shape index (κ2) is 9.29. The number of halogens is 1. The minimum absolute atomic E-state index is 0.0367. The summed E-state index contributed by atoms with van der Waals surface area (Å²) in [6.45, 7) is 3.34. The topological polar surface area (TPSA) is 49.4 Å². The predicted molar refractivity (Wildman–Crippen MR) is 111 cm³/mol. The molecule has 1 fully saturated rings. The van der Waals surface area contributed by atoms with Crippen LogP contribution >= 0.6 is 23.4 Å². The number of carbonyl (C=O) groups is 2. The highest BCUT2D eigenvalue weighted by molar-refractivity contribution is 8.00. The highest BCUT2D eigenvalue weighted by Gasteiger charge is 2.32. The van der Waals surface area contributed by atoms with Crippen molar-refractivity contribution in [3.63, 3.8) is 0 Å². The Balaban J connectivity index is 1.69. The molecule has 0 aromatic heterocycles. The van der Waals surface area contributed by atoms with Crippen molar-refractivity contribution in [3.05, 3.63) is 70.2 Å². The smallest absolute Gasteiger partial charge is 0.251 e. The van der Waals surface area contributed by atoms with Crippen LogP contribution in [0.15, 0.2) is 48.5 Å². The van der Waals surface area contributed by atoms with E-state index in [-0.39, 0.29) is 17.2 Å². The maximum Gasteiger partial charge on any atom is 0.251 e. The maximum absolute atomic E-state index is 12.4. The zero-order valence-electron chi connectivity index (χ0n) is 15.3. The molecule has 0 bridgehead atoms. The fraction of sp³-hybridized carbons (Fsp3) is 0.333. The first-order valence-corrected chi connectivity index (χ1v) is 10.5. The van der Waals surface area contributed by atoms with E-state index < -0.39 is 0 Å². The van der Waals surface area contributed by atoms with Crippen LogP contribution in [0.5, 0.6) is 0 Å².